The van der Waals surface area contributed by atoms with Crippen LogP contribution in [0.5, 0.6) is 0 Å². The fourth-order valence-electron chi connectivity index (χ4n) is 3.30. The lowest BCUT2D eigenvalue weighted by atomic mass is 10.0. The van der Waals surface area contributed by atoms with E-state index in [1.165, 1.54) is 0 Å². The summed E-state index contributed by atoms with van der Waals surface area (Å²) in [5, 5.41) is 1.03. The van der Waals surface area contributed by atoms with Crippen molar-refractivity contribution in [1.29, 1.82) is 0 Å². The molecule has 0 aliphatic carbocycles. The van der Waals surface area contributed by atoms with Gasteiger partial charge in [-0.2, -0.15) is 12.6 Å². The van der Waals surface area contributed by atoms with E-state index < -0.39 is 0 Å². The van der Waals surface area contributed by atoms with E-state index in [0.29, 0.717) is 6.04 Å². The zero-order chi connectivity index (χ0) is 16.4. The minimum absolute atomic E-state index is 0.0936. The Hall–Kier alpha value is -2.00. The van der Waals surface area contributed by atoms with Crippen LogP contribution in [0, 0.1) is 6.92 Å². The fraction of sp³-hybridized carbons (Fsp3) is 0.250. The van der Waals surface area contributed by atoms with Crippen molar-refractivity contribution < 1.29 is 4.79 Å². The van der Waals surface area contributed by atoms with Crippen molar-refractivity contribution in [2.75, 3.05) is 5.75 Å². The maximum atomic E-state index is 13.0. The van der Waals surface area contributed by atoms with Gasteiger partial charge in [0.25, 0.3) is 0 Å². The quantitative estimate of drug-likeness (QED) is 0.514. The summed E-state index contributed by atoms with van der Waals surface area (Å²) in [6, 6.07) is 18.0. The molecule has 0 aliphatic rings. The molecular formula is C20H21NOS. The van der Waals surface area contributed by atoms with Crippen LogP contribution in [-0.2, 0) is 0 Å². The fourth-order valence-corrected chi connectivity index (χ4v) is 3.67. The third kappa shape index (κ3) is 2.81. The van der Waals surface area contributed by atoms with Crippen LogP contribution in [0.4, 0.5) is 0 Å². The van der Waals surface area contributed by atoms with Crippen LogP contribution in [0.25, 0.3) is 10.9 Å². The molecule has 2 aromatic carbocycles. The van der Waals surface area contributed by atoms with Crippen molar-refractivity contribution in [3.8, 4) is 0 Å². The second-order valence-electron chi connectivity index (χ2n) is 5.90. The molecule has 1 heterocycles. The standard InChI is InChI=1S/C20H21NOS/c1-14(12-13-23)21-15(2)19(17-10-6-7-11-18(17)21)20(22)16-8-4-3-5-9-16/h3-11,14,23H,12-13H2,1-2H3. The average Bonchev–Trinajstić information content (AvgIpc) is 2.87. The number of para-hydroxylation sites is 1. The topological polar surface area (TPSA) is 22.0 Å². The van der Waals surface area contributed by atoms with Crippen molar-refractivity contribution >= 4 is 29.3 Å². The first-order valence-electron chi connectivity index (χ1n) is 7.95. The smallest absolute Gasteiger partial charge is 0.195 e. The Morgan fingerprint density at radius 2 is 1.74 bits per heavy atom. The molecule has 3 rings (SSSR count). The van der Waals surface area contributed by atoms with E-state index in [1.807, 2.05) is 55.5 Å². The summed E-state index contributed by atoms with van der Waals surface area (Å²) in [6.45, 7) is 4.23. The number of fused-ring (bicyclic) bond motifs is 1. The Kier molecular flexibility index (Phi) is 4.58. The molecule has 2 nitrogen and oxygen atoms in total. The molecule has 0 N–H and O–H groups in total. The van der Waals surface area contributed by atoms with Crippen molar-refractivity contribution in [3.63, 3.8) is 0 Å². The Morgan fingerprint density at radius 3 is 2.43 bits per heavy atom. The van der Waals surface area contributed by atoms with E-state index in [2.05, 4.69) is 30.2 Å². The minimum atomic E-state index is 0.0936. The lowest BCUT2D eigenvalue weighted by molar-refractivity contribution is 0.103. The molecule has 0 saturated heterocycles. The molecule has 3 aromatic rings. The molecular weight excluding hydrogens is 302 g/mol. The van der Waals surface area contributed by atoms with Crippen molar-refractivity contribution in [1.82, 2.24) is 4.57 Å². The largest absolute Gasteiger partial charge is 0.341 e. The monoisotopic (exact) mass is 323 g/mol. The first kappa shape index (κ1) is 15.9. The van der Waals surface area contributed by atoms with Crippen LogP contribution in [-0.4, -0.2) is 16.1 Å². The lowest BCUT2D eigenvalue weighted by Gasteiger charge is -2.16. The van der Waals surface area contributed by atoms with Crippen LogP contribution in [0.1, 0.15) is 41.0 Å². The molecule has 118 valence electrons. The van der Waals surface area contributed by atoms with Gasteiger partial charge in [-0.15, -0.1) is 0 Å². The number of rotatable bonds is 5. The highest BCUT2D eigenvalue weighted by Crippen LogP contribution is 2.31. The molecule has 1 atom stereocenters. The molecule has 1 aromatic heterocycles. The predicted molar refractivity (Wildman–Crippen MR) is 99.7 cm³/mol. The molecule has 0 radical (unpaired) electrons. The highest BCUT2D eigenvalue weighted by Gasteiger charge is 2.22. The maximum absolute atomic E-state index is 13.0. The Morgan fingerprint density at radius 1 is 1.09 bits per heavy atom. The molecule has 0 saturated carbocycles. The van der Waals surface area contributed by atoms with E-state index in [4.69, 9.17) is 0 Å². The normalized spacial score (nSPS) is 12.5. The van der Waals surface area contributed by atoms with Gasteiger partial charge in [0.15, 0.2) is 5.78 Å². The number of hydrogen-bond acceptors (Lipinski definition) is 2. The number of benzene rings is 2. The number of aromatic nitrogens is 1. The van der Waals surface area contributed by atoms with Crippen LogP contribution in [0.15, 0.2) is 54.6 Å². The van der Waals surface area contributed by atoms with Gasteiger partial charge in [-0.1, -0.05) is 48.5 Å². The van der Waals surface area contributed by atoms with Gasteiger partial charge < -0.3 is 4.57 Å². The van der Waals surface area contributed by atoms with Crippen LogP contribution < -0.4 is 0 Å². The number of carbonyl (C=O) groups is 1. The van der Waals surface area contributed by atoms with Gasteiger partial charge >= 0.3 is 0 Å². The number of ketones is 1. The number of carbonyl (C=O) groups excluding carboxylic acids is 1. The van der Waals surface area contributed by atoms with Crippen LogP contribution in [0.2, 0.25) is 0 Å². The highest BCUT2D eigenvalue weighted by atomic mass is 32.1. The molecule has 0 amide bonds. The Balaban J connectivity index is 2.22. The van der Waals surface area contributed by atoms with Gasteiger partial charge in [-0.3, -0.25) is 4.79 Å². The van der Waals surface area contributed by atoms with Gasteiger partial charge in [0, 0.05) is 28.2 Å². The summed E-state index contributed by atoms with van der Waals surface area (Å²) >= 11 is 4.36. The van der Waals surface area contributed by atoms with Crippen molar-refractivity contribution in [3.05, 3.63) is 71.4 Å². The molecule has 0 aliphatic heterocycles. The Labute approximate surface area is 142 Å². The maximum Gasteiger partial charge on any atom is 0.195 e. The molecule has 1 unspecified atom stereocenters. The molecule has 23 heavy (non-hydrogen) atoms. The predicted octanol–water partition coefficient (Wildman–Crippen LogP) is 5.06. The number of nitrogens with zero attached hydrogens (tertiary/aromatic N) is 1. The third-order valence-electron chi connectivity index (χ3n) is 4.41. The SMILES string of the molecule is Cc1c(C(=O)c2ccccc2)c2ccccc2n1C(C)CCS. The first-order valence-corrected chi connectivity index (χ1v) is 8.58. The van der Waals surface area contributed by atoms with Crippen LogP contribution in [0.3, 0.4) is 0 Å². The van der Waals surface area contributed by atoms with Gasteiger partial charge in [0.2, 0.25) is 0 Å². The molecule has 0 fully saturated rings. The van der Waals surface area contributed by atoms with Crippen molar-refractivity contribution in [2.24, 2.45) is 0 Å². The van der Waals surface area contributed by atoms with E-state index in [-0.39, 0.29) is 5.78 Å². The Bertz CT molecular complexity index is 835. The molecule has 0 bridgehead atoms. The van der Waals surface area contributed by atoms with Gasteiger partial charge in [0.05, 0.1) is 5.56 Å². The van der Waals surface area contributed by atoms with Gasteiger partial charge in [0.1, 0.15) is 0 Å². The van der Waals surface area contributed by atoms with Gasteiger partial charge in [-0.05, 0) is 32.1 Å². The second-order valence-corrected chi connectivity index (χ2v) is 6.35. The molecule has 0 spiro atoms. The summed E-state index contributed by atoms with van der Waals surface area (Å²) in [7, 11) is 0. The van der Waals surface area contributed by atoms with Crippen molar-refractivity contribution in [2.45, 2.75) is 26.3 Å². The van der Waals surface area contributed by atoms with Crippen LogP contribution >= 0.6 is 12.6 Å². The van der Waals surface area contributed by atoms with Gasteiger partial charge in [-0.25, -0.2) is 0 Å². The van der Waals surface area contributed by atoms with E-state index in [0.717, 1.165) is 39.9 Å². The highest BCUT2D eigenvalue weighted by molar-refractivity contribution is 7.80. The average molecular weight is 323 g/mol. The van der Waals surface area contributed by atoms with E-state index >= 15 is 0 Å². The first-order chi connectivity index (χ1) is 11.1. The number of hydrogen-bond donors (Lipinski definition) is 1. The summed E-state index contributed by atoms with van der Waals surface area (Å²) in [6.07, 6.45) is 0.974. The third-order valence-corrected chi connectivity index (χ3v) is 4.66. The summed E-state index contributed by atoms with van der Waals surface area (Å²) in [5.74, 6) is 0.922. The second kappa shape index (κ2) is 6.63. The molecule has 3 heteroatoms. The minimum Gasteiger partial charge on any atom is -0.341 e. The zero-order valence-electron chi connectivity index (χ0n) is 13.5. The number of thiol groups is 1. The zero-order valence-corrected chi connectivity index (χ0v) is 14.4. The summed E-state index contributed by atoms with van der Waals surface area (Å²) < 4.78 is 2.28. The lowest BCUT2D eigenvalue weighted by Crippen LogP contribution is -2.09. The van der Waals surface area contributed by atoms with E-state index in [1.54, 1.807) is 0 Å². The summed E-state index contributed by atoms with van der Waals surface area (Å²) in [4.78, 5) is 13.0. The van der Waals surface area contributed by atoms with E-state index in [9.17, 15) is 4.79 Å². The summed E-state index contributed by atoms with van der Waals surface area (Å²) in [5.41, 5.74) is 3.71.